The number of carbonyl (C=O) groups excluding carboxylic acids is 3. The molecule has 0 N–H and O–H groups in total. The number of rotatable bonds is 2. The van der Waals surface area contributed by atoms with Crippen LogP contribution in [0, 0.1) is 11.3 Å². The van der Waals surface area contributed by atoms with Crippen LogP contribution in [-0.2, 0) is 14.3 Å². The van der Waals surface area contributed by atoms with Crippen LogP contribution in [-0.4, -0.2) is 42.0 Å². The van der Waals surface area contributed by atoms with Crippen LogP contribution in [0.1, 0.15) is 23.2 Å². The van der Waals surface area contributed by atoms with Crippen molar-refractivity contribution in [3.63, 3.8) is 0 Å². The Labute approximate surface area is 126 Å². The van der Waals surface area contributed by atoms with Crippen molar-refractivity contribution >= 4 is 23.5 Å². The van der Waals surface area contributed by atoms with Crippen LogP contribution in [0.3, 0.4) is 0 Å². The van der Waals surface area contributed by atoms with E-state index in [-0.39, 0.29) is 24.7 Å². The van der Waals surface area contributed by atoms with E-state index in [0.29, 0.717) is 11.3 Å². The molecule has 0 unspecified atom stereocenters. The molecule has 1 fully saturated rings. The molecular formula is C15H13N3O4. The third-order valence-corrected chi connectivity index (χ3v) is 4.14. The van der Waals surface area contributed by atoms with E-state index in [1.165, 1.54) is 16.8 Å². The zero-order chi connectivity index (χ0) is 15.9. The predicted octanol–water partition coefficient (Wildman–Crippen LogP) is 0.662. The van der Waals surface area contributed by atoms with E-state index in [1.54, 1.807) is 30.3 Å². The Morgan fingerprint density at radius 1 is 1.41 bits per heavy atom. The Morgan fingerprint density at radius 2 is 2.14 bits per heavy atom. The van der Waals surface area contributed by atoms with Crippen LogP contribution in [0.25, 0.3) is 0 Å². The van der Waals surface area contributed by atoms with Gasteiger partial charge in [0.05, 0.1) is 11.3 Å². The van der Waals surface area contributed by atoms with Crippen LogP contribution in [0.4, 0.5) is 5.69 Å². The first-order valence-electron chi connectivity index (χ1n) is 6.78. The predicted molar refractivity (Wildman–Crippen MR) is 74.6 cm³/mol. The molecule has 7 heteroatoms. The zero-order valence-corrected chi connectivity index (χ0v) is 11.9. The summed E-state index contributed by atoms with van der Waals surface area (Å²) in [6, 6.07) is 8.37. The van der Waals surface area contributed by atoms with E-state index >= 15 is 0 Å². The molecule has 112 valence electrons. The summed E-state index contributed by atoms with van der Waals surface area (Å²) in [5.74, 6) is -1.36. The molecule has 0 radical (unpaired) electrons. The summed E-state index contributed by atoms with van der Waals surface area (Å²) < 4.78 is 4.93. The average Bonchev–Trinajstić information content (AvgIpc) is 2.89. The van der Waals surface area contributed by atoms with E-state index in [2.05, 4.69) is 0 Å². The van der Waals surface area contributed by atoms with E-state index in [0.717, 1.165) is 0 Å². The lowest BCUT2D eigenvalue weighted by Gasteiger charge is -2.46. The van der Waals surface area contributed by atoms with Crippen LogP contribution < -0.4 is 4.90 Å². The molecule has 0 saturated carbocycles. The van der Waals surface area contributed by atoms with Crippen molar-refractivity contribution in [2.45, 2.75) is 18.5 Å². The van der Waals surface area contributed by atoms with E-state index in [4.69, 9.17) is 10.00 Å². The highest BCUT2D eigenvalue weighted by Gasteiger charge is 2.60. The molecule has 2 amide bonds. The number of para-hydroxylation sites is 1. The van der Waals surface area contributed by atoms with Crippen molar-refractivity contribution < 1.29 is 19.1 Å². The van der Waals surface area contributed by atoms with Crippen molar-refractivity contribution in [2.24, 2.45) is 0 Å². The quantitative estimate of drug-likeness (QED) is 0.748. The van der Waals surface area contributed by atoms with Gasteiger partial charge in [0.15, 0.2) is 6.61 Å². The molecule has 2 heterocycles. The molecule has 0 aliphatic carbocycles. The Hall–Kier alpha value is -2.88. The number of ether oxygens (including phenoxy) is 1. The number of hydrogen-bond acceptors (Lipinski definition) is 5. The Morgan fingerprint density at radius 3 is 2.86 bits per heavy atom. The normalized spacial score (nSPS) is 22.9. The molecule has 2 aliphatic heterocycles. The first kappa shape index (κ1) is 14.1. The van der Waals surface area contributed by atoms with Gasteiger partial charge in [-0.1, -0.05) is 12.1 Å². The number of esters is 1. The van der Waals surface area contributed by atoms with Gasteiger partial charge in [-0.25, -0.2) is 4.79 Å². The van der Waals surface area contributed by atoms with Crippen molar-refractivity contribution in [1.29, 1.82) is 5.26 Å². The SMILES string of the molecule is CN1C(=O)c2ccccc2N2C(=O)CC[C@@]12C(=O)OCC#N. The fourth-order valence-electron chi connectivity index (χ4n) is 3.10. The molecule has 1 saturated heterocycles. The van der Waals surface area contributed by atoms with Crippen molar-refractivity contribution in [1.82, 2.24) is 4.90 Å². The van der Waals surface area contributed by atoms with E-state index < -0.39 is 18.2 Å². The topological polar surface area (TPSA) is 90.7 Å². The Balaban J connectivity index is 2.17. The van der Waals surface area contributed by atoms with Gasteiger partial charge in [-0.2, -0.15) is 5.26 Å². The van der Waals surface area contributed by atoms with Crippen molar-refractivity contribution in [2.75, 3.05) is 18.6 Å². The summed E-state index contributed by atoms with van der Waals surface area (Å²) >= 11 is 0. The number of carbonyl (C=O) groups is 3. The number of hydrogen-bond donors (Lipinski definition) is 0. The third-order valence-electron chi connectivity index (χ3n) is 4.14. The lowest BCUT2D eigenvalue weighted by molar-refractivity contribution is -0.155. The molecule has 1 aromatic rings. The molecule has 3 rings (SSSR count). The highest BCUT2D eigenvalue weighted by atomic mass is 16.5. The van der Waals surface area contributed by atoms with Crippen LogP contribution >= 0.6 is 0 Å². The Kier molecular flexibility index (Phi) is 3.10. The smallest absolute Gasteiger partial charge is 0.354 e. The fourth-order valence-corrected chi connectivity index (χ4v) is 3.10. The third kappa shape index (κ3) is 1.64. The number of amides is 2. The summed E-state index contributed by atoms with van der Waals surface area (Å²) in [6.07, 6.45) is 0.278. The lowest BCUT2D eigenvalue weighted by atomic mass is 9.97. The van der Waals surface area contributed by atoms with E-state index in [1.807, 2.05) is 0 Å². The van der Waals surface area contributed by atoms with Crippen LogP contribution in [0.2, 0.25) is 0 Å². The molecule has 1 aromatic carbocycles. The molecule has 2 aliphatic rings. The molecule has 0 spiro atoms. The molecular weight excluding hydrogens is 286 g/mol. The minimum Gasteiger partial charge on any atom is -0.447 e. The maximum absolute atomic E-state index is 12.6. The van der Waals surface area contributed by atoms with Gasteiger partial charge < -0.3 is 9.64 Å². The second kappa shape index (κ2) is 4.84. The number of fused-ring (bicyclic) bond motifs is 3. The summed E-state index contributed by atoms with van der Waals surface area (Å²) in [5, 5.41) is 8.59. The molecule has 1 atom stereocenters. The van der Waals surface area contributed by atoms with Crippen LogP contribution in [0.15, 0.2) is 24.3 Å². The lowest BCUT2D eigenvalue weighted by Crippen LogP contribution is -2.67. The van der Waals surface area contributed by atoms with Gasteiger partial charge in [0.1, 0.15) is 6.07 Å². The van der Waals surface area contributed by atoms with Gasteiger partial charge in [-0.3, -0.25) is 14.5 Å². The van der Waals surface area contributed by atoms with Gasteiger partial charge >= 0.3 is 5.97 Å². The highest BCUT2D eigenvalue weighted by molar-refractivity contribution is 6.15. The highest BCUT2D eigenvalue weighted by Crippen LogP contribution is 2.44. The maximum atomic E-state index is 12.6. The molecule has 0 aromatic heterocycles. The minimum atomic E-state index is -1.50. The van der Waals surface area contributed by atoms with Crippen LogP contribution in [0.5, 0.6) is 0 Å². The van der Waals surface area contributed by atoms with Gasteiger partial charge in [0.2, 0.25) is 11.6 Å². The van der Waals surface area contributed by atoms with E-state index in [9.17, 15) is 14.4 Å². The monoisotopic (exact) mass is 299 g/mol. The maximum Gasteiger partial charge on any atom is 0.354 e. The second-order valence-corrected chi connectivity index (χ2v) is 5.16. The molecule has 22 heavy (non-hydrogen) atoms. The second-order valence-electron chi connectivity index (χ2n) is 5.16. The standard InChI is InChI=1S/C15H13N3O4/c1-17-13(20)10-4-2-3-5-11(10)18-12(19)6-7-15(17,18)14(21)22-9-8-16/h2-5H,6-7,9H2,1H3/t15-/m1/s1. The first-order chi connectivity index (χ1) is 10.5. The number of likely N-dealkylation sites (N-methyl/N-ethyl adjacent to an activating group) is 1. The summed E-state index contributed by atoms with van der Waals surface area (Å²) in [7, 11) is 1.47. The molecule has 0 bridgehead atoms. The number of nitriles is 1. The van der Waals surface area contributed by atoms with Gasteiger partial charge in [0, 0.05) is 19.9 Å². The van der Waals surface area contributed by atoms with Crippen molar-refractivity contribution in [3.8, 4) is 6.07 Å². The summed E-state index contributed by atoms with van der Waals surface area (Å²) in [5.41, 5.74) is -0.731. The largest absolute Gasteiger partial charge is 0.447 e. The Bertz CT molecular complexity index is 724. The zero-order valence-electron chi connectivity index (χ0n) is 11.9. The van der Waals surface area contributed by atoms with Gasteiger partial charge in [-0.15, -0.1) is 0 Å². The number of benzene rings is 1. The van der Waals surface area contributed by atoms with Gasteiger partial charge in [-0.05, 0) is 12.1 Å². The summed E-state index contributed by atoms with van der Waals surface area (Å²) in [4.78, 5) is 40.0. The number of nitrogens with zero attached hydrogens (tertiary/aromatic N) is 3. The fraction of sp³-hybridized carbons (Fsp3) is 0.333. The first-order valence-corrected chi connectivity index (χ1v) is 6.78. The number of anilines is 1. The van der Waals surface area contributed by atoms with Gasteiger partial charge in [0.25, 0.3) is 5.91 Å². The minimum absolute atomic E-state index is 0.133. The van der Waals surface area contributed by atoms with Crippen molar-refractivity contribution in [3.05, 3.63) is 29.8 Å². The molecule has 7 nitrogen and oxygen atoms in total. The average molecular weight is 299 g/mol. The summed E-state index contributed by atoms with van der Waals surface area (Å²) in [6.45, 7) is -0.424.